The van der Waals surface area contributed by atoms with Crippen molar-refractivity contribution in [1.82, 2.24) is 0 Å². The molecule has 0 aromatic heterocycles. The van der Waals surface area contributed by atoms with Crippen LogP contribution in [0.4, 0.5) is 30.2 Å². The molecule has 2 aromatic carbocycles. The van der Waals surface area contributed by atoms with Crippen molar-refractivity contribution in [3.63, 3.8) is 0 Å². The third kappa shape index (κ3) is 4.60. The molecule has 8 heteroatoms. The van der Waals surface area contributed by atoms with Gasteiger partial charge in [0.1, 0.15) is 0 Å². The molecule has 0 saturated heterocycles. The molecular weight excluding hydrogens is 416 g/mol. The van der Waals surface area contributed by atoms with Crippen LogP contribution in [0.3, 0.4) is 0 Å². The molecule has 0 aliphatic heterocycles. The highest BCUT2D eigenvalue weighted by molar-refractivity contribution is 14.1. The Hall–Kier alpha value is -1.29. The topological polar surface area (TPSA) is 41.1 Å². The third-order valence-electron chi connectivity index (χ3n) is 2.46. The van der Waals surface area contributed by atoms with Crippen molar-refractivity contribution in [3.8, 4) is 0 Å². The van der Waals surface area contributed by atoms with E-state index in [4.69, 9.17) is 0 Å². The molecule has 2 N–H and O–H groups in total. The first kappa shape index (κ1) is 16.1. The van der Waals surface area contributed by atoms with E-state index in [0.29, 0.717) is 5.69 Å². The van der Waals surface area contributed by atoms with Crippen LogP contribution in [0.2, 0.25) is 0 Å². The van der Waals surface area contributed by atoms with E-state index in [1.165, 1.54) is 6.07 Å². The molecule has 112 valence electrons. The molecule has 0 heterocycles. The SMILES string of the molecule is O=S(Nc1ccccc1Nc1ccc(I)cc1)C(F)(F)F. The number of hydrogen-bond donors (Lipinski definition) is 2. The quantitative estimate of drug-likeness (QED) is 0.701. The van der Waals surface area contributed by atoms with Gasteiger partial charge >= 0.3 is 5.51 Å². The van der Waals surface area contributed by atoms with Crippen LogP contribution in [-0.4, -0.2) is 9.72 Å². The lowest BCUT2D eigenvalue weighted by molar-refractivity contribution is -0.0379. The highest BCUT2D eigenvalue weighted by Gasteiger charge is 2.37. The molecule has 3 nitrogen and oxygen atoms in total. The predicted octanol–water partition coefficient (Wildman–Crippen LogP) is 4.63. The lowest BCUT2D eigenvalue weighted by atomic mass is 10.2. The molecule has 1 atom stereocenters. The van der Waals surface area contributed by atoms with Crippen LogP contribution < -0.4 is 10.0 Å². The van der Waals surface area contributed by atoms with E-state index in [1.54, 1.807) is 30.3 Å². The Morgan fingerprint density at radius 2 is 1.52 bits per heavy atom. The largest absolute Gasteiger partial charge is 0.490 e. The van der Waals surface area contributed by atoms with Gasteiger partial charge < -0.3 is 5.32 Å². The van der Waals surface area contributed by atoms with Crippen molar-refractivity contribution >= 4 is 50.6 Å². The van der Waals surface area contributed by atoms with Crippen molar-refractivity contribution in [2.75, 3.05) is 10.0 Å². The summed E-state index contributed by atoms with van der Waals surface area (Å²) in [6, 6.07) is 13.6. The molecular formula is C13H10F3IN2OS. The summed E-state index contributed by atoms with van der Waals surface area (Å²) >= 11 is 2.15. The van der Waals surface area contributed by atoms with E-state index in [-0.39, 0.29) is 5.69 Å². The number of rotatable bonds is 4. The number of para-hydroxylation sites is 2. The molecule has 1 unspecified atom stereocenters. The molecule has 0 amide bonds. The van der Waals surface area contributed by atoms with Gasteiger partial charge in [-0.25, -0.2) is 4.21 Å². The molecule has 0 aliphatic carbocycles. The fraction of sp³-hybridized carbons (Fsp3) is 0.0769. The highest BCUT2D eigenvalue weighted by Crippen LogP contribution is 2.29. The Balaban J connectivity index is 2.21. The third-order valence-corrected chi connectivity index (χ3v) is 4.01. The Morgan fingerprint density at radius 1 is 0.952 bits per heavy atom. The summed E-state index contributed by atoms with van der Waals surface area (Å²) < 4.78 is 51.2. The van der Waals surface area contributed by atoms with Gasteiger partial charge in [-0.3, -0.25) is 4.72 Å². The summed E-state index contributed by atoms with van der Waals surface area (Å²) in [5, 5.41) is 2.99. The Bertz CT molecular complexity index is 647. The van der Waals surface area contributed by atoms with Crippen molar-refractivity contribution in [3.05, 3.63) is 52.1 Å². The Labute approximate surface area is 135 Å². The molecule has 0 aliphatic rings. The summed E-state index contributed by atoms with van der Waals surface area (Å²) in [4.78, 5) is 0. The second-order valence-corrected chi connectivity index (χ2v) is 6.44. The van der Waals surface area contributed by atoms with Crippen LogP contribution in [0.1, 0.15) is 0 Å². The fourth-order valence-corrected chi connectivity index (χ4v) is 2.38. The van der Waals surface area contributed by atoms with Crippen molar-refractivity contribution in [1.29, 1.82) is 0 Å². The van der Waals surface area contributed by atoms with Gasteiger partial charge in [0, 0.05) is 9.26 Å². The average Bonchev–Trinajstić information content (AvgIpc) is 2.42. The van der Waals surface area contributed by atoms with Gasteiger partial charge in [-0.1, -0.05) is 12.1 Å². The van der Waals surface area contributed by atoms with Crippen LogP contribution >= 0.6 is 22.6 Å². The minimum absolute atomic E-state index is 0.117. The van der Waals surface area contributed by atoms with E-state index in [1.807, 2.05) is 16.9 Å². The fourth-order valence-electron chi connectivity index (χ4n) is 1.53. The van der Waals surface area contributed by atoms with E-state index < -0.39 is 16.5 Å². The standard InChI is InChI=1S/C13H10F3IN2OS/c14-13(15,16)21(20)19-12-4-2-1-3-11(12)18-10-7-5-9(17)6-8-10/h1-8,18-19H. The van der Waals surface area contributed by atoms with E-state index in [2.05, 4.69) is 27.9 Å². The van der Waals surface area contributed by atoms with Gasteiger partial charge in [-0.2, -0.15) is 13.2 Å². The smallest absolute Gasteiger partial charge is 0.354 e. The van der Waals surface area contributed by atoms with Gasteiger partial charge in [-0.15, -0.1) is 0 Å². The average molecular weight is 426 g/mol. The van der Waals surface area contributed by atoms with Crippen LogP contribution in [0, 0.1) is 3.57 Å². The Kier molecular flexibility index (Phi) is 5.09. The van der Waals surface area contributed by atoms with Crippen LogP contribution in [0.15, 0.2) is 48.5 Å². The molecule has 21 heavy (non-hydrogen) atoms. The number of hydrogen-bond acceptors (Lipinski definition) is 2. The summed E-state index contributed by atoms with van der Waals surface area (Å²) in [5.74, 6) is 0. The van der Waals surface area contributed by atoms with Crippen molar-refractivity contribution in [2.45, 2.75) is 5.51 Å². The minimum Gasteiger partial charge on any atom is -0.354 e. The Morgan fingerprint density at radius 3 is 2.10 bits per heavy atom. The first-order valence-electron chi connectivity index (χ1n) is 5.73. The first-order chi connectivity index (χ1) is 9.86. The van der Waals surface area contributed by atoms with Crippen molar-refractivity contribution in [2.24, 2.45) is 0 Å². The monoisotopic (exact) mass is 426 g/mol. The van der Waals surface area contributed by atoms with Crippen LogP contribution in [0.5, 0.6) is 0 Å². The van der Waals surface area contributed by atoms with Gasteiger partial charge in [0.05, 0.1) is 11.4 Å². The maximum atomic E-state index is 12.4. The normalized spacial score (nSPS) is 12.8. The molecule has 0 bridgehead atoms. The van der Waals surface area contributed by atoms with Gasteiger partial charge in [0.25, 0.3) is 0 Å². The molecule has 2 aromatic rings. The van der Waals surface area contributed by atoms with Gasteiger partial charge in [0.2, 0.25) is 11.0 Å². The minimum atomic E-state index is -4.81. The van der Waals surface area contributed by atoms with Crippen LogP contribution in [-0.2, 0) is 11.0 Å². The maximum absolute atomic E-state index is 12.4. The zero-order valence-electron chi connectivity index (χ0n) is 10.4. The lowest BCUT2D eigenvalue weighted by Crippen LogP contribution is -2.23. The number of anilines is 3. The zero-order chi connectivity index (χ0) is 15.5. The second kappa shape index (κ2) is 6.65. The summed E-state index contributed by atoms with van der Waals surface area (Å²) in [7, 11) is -3.15. The summed E-state index contributed by atoms with van der Waals surface area (Å²) in [5.41, 5.74) is -3.55. The lowest BCUT2D eigenvalue weighted by Gasteiger charge is -2.14. The van der Waals surface area contributed by atoms with E-state index >= 15 is 0 Å². The zero-order valence-corrected chi connectivity index (χ0v) is 13.4. The van der Waals surface area contributed by atoms with Crippen LogP contribution in [0.25, 0.3) is 0 Å². The second-order valence-electron chi connectivity index (χ2n) is 3.99. The first-order valence-corrected chi connectivity index (χ1v) is 7.96. The van der Waals surface area contributed by atoms with Gasteiger partial charge in [-0.05, 0) is 59.0 Å². The number of halogens is 4. The highest BCUT2D eigenvalue weighted by atomic mass is 127. The molecule has 0 radical (unpaired) electrons. The molecule has 0 fully saturated rings. The number of alkyl halides is 3. The van der Waals surface area contributed by atoms with Gasteiger partial charge in [0.15, 0.2) is 0 Å². The summed E-state index contributed by atoms with van der Waals surface area (Å²) in [6.07, 6.45) is 0. The maximum Gasteiger partial charge on any atom is 0.490 e. The van der Waals surface area contributed by atoms with Crippen molar-refractivity contribution < 1.29 is 17.4 Å². The predicted molar refractivity (Wildman–Crippen MR) is 86.7 cm³/mol. The summed E-state index contributed by atoms with van der Waals surface area (Å²) in [6.45, 7) is 0. The molecule has 0 spiro atoms. The number of benzene rings is 2. The van der Waals surface area contributed by atoms with E-state index in [0.717, 1.165) is 9.26 Å². The molecule has 0 saturated carbocycles. The number of nitrogens with one attached hydrogen (secondary N) is 2. The molecule has 2 rings (SSSR count). The van der Waals surface area contributed by atoms with E-state index in [9.17, 15) is 17.4 Å².